The summed E-state index contributed by atoms with van der Waals surface area (Å²) in [5.41, 5.74) is 0. The van der Waals surface area contributed by atoms with E-state index in [1.165, 1.54) is 0 Å². The third-order valence-corrected chi connectivity index (χ3v) is 2.38. The molecule has 0 heterocycles. The maximum absolute atomic E-state index is 12.2. The lowest BCUT2D eigenvalue weighted by atomic mass is 10.4. The average molecular weight is 242 g/mol. The molecule has 0 spiro atoms. The van der Waals surface area contributed by atoms with Gasteiger partial charge in [0.25, 0.3) is 10.1 Å². The van der Waals surface area contributed by atoms with Crippen molar-refractivity contribution in [2.24, 2.45) is 0 Å². The van der Waals surface area contributed by atoms with Crippen molar-refractivity contribution in [1.82, 2.24) is 0 Å². The van der Waals surface area contributed by atoms with Crippen molar-refractivity contribution >= 4 is 10.1 Å². The van der Waals surface area contributed by atoms with Gasteiger partial charge >= 0.3 is 12.1 Å². The second-order valence-corrected chi connectivity index (χ2v) is 3.95. The molecule has 0 fully saturated rings. The minimum atomic E-state index is -5.89. The zero-order chi connectivity index (χ0) is 11.6. The Balaban J connectivity index is 4.68. The van der Waals surface area contributed by atoms with Gasteiger partial charge in [0.2, 0.25) is 0 Å². The second kappa shape index (κ2) is 3.97. The number of hydrogen-bond donors (Lipinski definition) is 0. The van der Waals surface area contributed by atoms with Crippen molar-refractivity contribution in [2.45, 2.75) is 19.0 Å². The van der Waals surface area contributed by atoms with Crippen molar-refractivity contribution in [3.8, 4) is 0 Å². The molecule has 0 aromatic carbocycles. The van der Waals surface area contributed by atoms with Gasteiger partial charge < -0.3 is 0 Å². The van der Waals surface area contributed by atoms with E-state index in [2.05, 4.69) is 4.18 Å². The standard InChI is InChI=1S/C5H7F5O3S/c1-2-13-14(11,12)3-4(6,7)5(8,9)10/h2-3H2,1H3. The van der Waals surface area contributed by atoms with Gasteiger partial charge in [-0.05, 0) is 6.92 Å². The molecule has 9 heteroatoms. The van der Waals surface area contributed by atoms with Crippen LogP contribution in [-0.2, 0) is 14.3 Å². The molecule has 0 aromatic heterocycles. The van der Waals surface area contributed by atoms with Crippen molar-refractivity contribution in [1.29, 1.82) is 0 Å². The summed E-state index contributed by atoms with van der Waals surface area (Å²) in [7, 11) is -4.84. The van der Waals surface area contributed by atoms with Gasteiger partial charge in [0.1, 0.15) is 5.75 Å². The Hall–Kier alpha value is -0.440. The third-order valence-electron chi connectivity index (χ3n) is 1.07. The first-order chi connectivity index (χ1) is 6.02. The molecular weight excluding hydrogens is 235 g/mol. The predicted octanol–water partition coefficient (Wildman–Crippen LogP) is 1.55. The Bertz CT molecular complexity index is 280. The van der Waals surface area contributed by atoms with Crippen LogP contribution in [0.25, 0.3) is 0 Å². The number of alkyl halides is 5. The fourth-order valence-corrected chi connectivity index (χ4v) is 1.58. The summed E-state index contributed by atoms with van der Waals surface area (Å²) < 4.78 is 83.7. The summed E-state index contributed by atoms with van der Waals surface area (Å²) in [5.74, 6) is -7.68. The first-order valence-corrected chi connectivity index (χ1v) is 4.91. The van der Waals surface area contributed by atoms with Crippen LogP contribution in [0.3, 0.4) is 0 Å². The van der Waals surface area contributed by atoms with E-state index in [1.807, 2.05) is 0 Å². The summed E-state index contributed by atoms with van der Waals surface area (Å²) in [5, 5.41) is 0. The maximum atomic E-state index is 12.2. The Kier molecular flexibility index (Phi) is 3.85. The van der Waals surface area contributed by atoms with Crippen LogP contribution >= 0.6 is 0 Å². The lowest BCUT2D eigenvalue weighted by Crippen LogP contribution is -2.43. The quantitative estimate of drug-likeness (QED) is 0.555. The van der Waals surface area contributed by atoms with Gasteiger partial charge in [-0.3, -0.25) is 4.18 Å². The van der Waals surface area contributed by atoms with E-state index in [1.54, 1.807) is 0 Å². The Labute approximate surface area is 77.0 Å². The highest BCUT2D eigenvalue weighted by molar-refractivity contribution is 7.86. The molecule has 0 unspecified atom stereocenters. The fraction of sp³-hybridized carbons (Fsp3) is 1.00. The molecule has 0 aromatic rings. The number of halogens is 5. The van der Waals surface area contributed by atoms with Crippen LogP contribution in [0, 0.1) is 0 Å². The molecule has 0 atom stereocenters. The molecule has 0 rings (SSSR count). The van der Waals surface area contributed by atoms with Crippen molar-refractivity contribution in [3.63, 3.8) is 0 Å². The minimum absolute atomic E-state index is 0.490. The Morgan fingerprint density at radius 2 is 1.57 bits per heavy atom. The highest BCUT2D eigenvalue weighted by Gasteiger charge is 2.59. The predicted molar refractivity (Wildman–Crippen MR) is 36.4 cm³/mol. The van der Waals surface area contributed by atoms with E-state index in [0.717, 1.165) is 6.92 Å². The molecule has 0 aliphatic heterocycles. The first-order valence-electron chi connectivity index (χ1n) is 3.33. The van der Waals surface area contributed by atoms with Crippen LogP contribution in [0.1, 0.15) is 6.92 Å². The zero-order valence-corrected chi connectivity index (χ0v) is 7.75. The average Bonchev–Trinajstić information content (AvgIpc) is 1.80. The summed E-state index contributed by atoms with van der Waals surface area (Å²) in [6.07, 6.45) is -5.89. The molecule has 0 saturated heterocycles. The van der Waals surface area contributed by atoms with Crippen LogP contribution in [0.5, 0.6) is 0 Å². The normalized spacial score (nSPS) is 14.4. The molecule has 0 bridgehead atoms. The third kappa shape index (κ3) is 3.74. The monoisotopic (exact) mass is 242 g/mol. The summed E-state index contributed by atoms with van der Waals surface area (Å²) in [6, 6.07) is 0. The molecule has 0 radical (unpaired) electrons. The van der Waals surface area contributed by atoms with E-state index in [9.17, 15) is 30.4 Å². The maximum Gasteiger partial charge on any atom is 0.454 e. The van der Waals surface area contributed by atoms with Crippen molar-refractivity contribution in [3.05, 3.63) is 0 Å². The minimum Gasteiger partial charge on any atom is -0.270 e. The molecule has 86 valence electrons. The summed E-state index contributed by atoms with van der Waals surface area (Å²) in [6.45, 7) is 0.666. The lowest BCUT2D eigenvalue weighted by molar-refractivity contribution is -0.271. The van der Waals surface area contributed by atoms with Crippen LogP contribution in [0.4, 0.5) is 22.0 Å². The summed E-state index contributed by atoms with van der Waals surface area (Å²) >= 11 is 0. The van der Waals surface area contributed by atoms with Crippen molar-refractivity contribution in [2.75, 3.05) is 12.4 Å². The highest BCUT2D eigenvalue weighted by atomic mass is 32.2. The molecular formula is C5H7F5O3S. The van der Waals surface area contributed by atoms with Gasteiger partial charge in [-0.1, -0.05) is 0 Å². The van der Waals surface area contributed by atoms with Crippen LogP contribution < -0.4 is 0 Å². The molecule has 0 amide bonds. The van der Waals surface area contributed by atoms with E-state index in [-0.39, 0.29) is 0 Å². The van der Waals surface area contributed by atoms with Crippen LogP contribution in [0.2, 0.25) is 0 Å². The van der Waals surface area contributed by atoms with E-state index in [0.29, 0.717) is 0 Å². The van der Waals surface area contributed by atoms with Crippen LogP contribution in [-0.4, -0.2) is 32.9 Å². The molecule has 0 saturated carbocycles. The van der Waals surface area contributed by atoms with E-state index >= 15 is 0 Å². The Morgan fingerprint density at radius 1 is 1.14 bits per heavy atom. The SMILES string of the molecule is CCOS(=O)(=O)CC(F)(F)C(F)(F)F. The largest absolute Gasteiger partial charge is 0.454 e. The van der Waals surface area contributed by atoms with Gasteiger partial charge in [-0.2, -0.15) is 30.4 Å². The van der Waals surface area contributed by atoms with E-state index < -0.39 is 34.6 Å². The molecule has 0 aliphatic rings. The van der Waals surface area contributed by atoms with Gasteiger partial charge in [-0.25, -0.2) is 0 Å². The van der Waals surface area contributed by atoms with Crippen LogP contribution in [0.15, 0.2) is 0 Å². The topological polar surface area (TPSA) is 43.4 Å². The zero-order valence-electron chi connectivity index (χ0n) is 6.94. The fourth-order valence-electron chi connectivity index (χ4n) is 0.525. The van der Waals surface area contributed by atoms with Gasteiger partial charge in [0.15, 0.2) is 0 Å². The highest BCUT2D eigenvalue weighted by Crippen LogP contribution is 2.36. The number of hydrogen-bond acceptors (Lipinski definition) is 3. The van der Waals surface area contributed by atoms with Crippen molar-refractivity contribution < 1.29 is 34.6 Å². The molecule has 3 nitrogen and oxygen atoms in total. The smallest absolute Gasteiger partial charge is 0.270 e. The molecule has 0 N–H and O–H groups in total. The van der Waals surface area contributed by atoms with E-state index in [4.69, 9.17) is 0 Å². The molecule has 0 aliphatic carbocycles. The van der Waals surface area contributed by atoms with Gasteiger partial charge in [0.05, 0.1) is 6.61 Å². The second-order valence-electron chi connectivity index (χ2n) is 2.31. The Morgan fingerprint density at radius 3 is 1.86 bits per heavy atom. The summed E-state index contributed by atoms with van der Waals surface area (Å²) in [4.78, 5) is 0. The molecule has 14 heavy (non-hydrogen) atoms. The van der Waals surface area contributed by atoms with Gasteiger partial charge in [0, 0.05) is 0 Å². The number of rotatable bonds is 4. The lowest BCUT2D eigenvalue weighted by Gasteiger charge is -2.18. The van der Waals surface area contributed by atoms with Gasteiger partial charge in [-0.15, -0.1) is 0 Å². The first kappa shape index (κ1) is 13.6.